The van der Waals surface area contributed by atoms with E-state index < -0.39 is 0 Å². The molecule has 26 heavy (non-hydrogen) atoms. The number of amides is 2. The highest BCUT2D eigenvalue weighted by Crippen LogP contribution is 2.24. The van der Waals surface area contributed by atoms with Crippen LogP contribution in [0.15, 0.2) is 54.9 Å². The van der Waals surface area contributed by atoms with Gasteiger partial charge in [-0.25, -0.2) is 14.8 Å². The van der Waals surface area contributed by atoms with Crippen LogP contribution < -0.4 is 10.2 Å². The van der Waals surface area contributed by atoms with E-state index in [1.54, 1.807) is 17.3 Å². The van der Waals surface area contributed by atoms with Crippen molar-refractivity contribution < 1.29 is 4.79 Å². The van der Waals surface area contributed by atoms with Gasteiger partial charge in [-0.3, -0.25) is 5.32 Å². The first-order valence-corrected chi connectivity index (χ1v) is 8.85. The second-order valence-electron chi connectivity index (χ2n) is 6.09. The van der Waals surface area contributed by atoms with Crippen molar-refractivity contribution in [3.8, 4) is 0 Å². The number of nitrogens with zero attached hydrogens (tertiary/aromatic N) is 4. The van der Waals surface area contributed by atoms with Crippen LogP contribution in [0.25, 0.3) is 10.8 Å². The normalized spacial score (nSPS) is 14.5. The number of benzene rings is 1. The molecule has 6 nitrogen and oxygen atoms in total. The van der Waals surface area contributed by atoms with Gasteiger partial charge in [-0.05, 0) is 23.6 Å². The second kappa shape index (κ2) is 7.17. The molecule has 132 valence electrons. The molecule has 1 aliphatic rings. The van der Waals surface area contributed by atoms with Gasteiger partial charge in [-0.15, -0.1) is 0 Å². The number of urea groups is 1. The van der Waals surface area contributed by atoms with Crippen LogP contribution in [0.3, 0.4) is 0 Å². The fourth-order valence-corrected chi connectivity index (χ4v) is 3.37. The molecule has 1 fully saturated rings. The summed E-state index contributed by atoms with van der Waals surface area (Å²) in [6.07, 6.45) is 3.44. The van der Waals surface area contributed by atoms with Gasteiger partial charge in [0.2, 0.25) is 0 Å². The molecule has 3 aromatic rings. The number of carbonyl (C=O) groups is 1. The molecule has 1 aliphatic heterocycles. The third-order valence-corrected chi connectivity index (χ3v) is 4.80. The van der Waals surface area contributed by atoms with Gasteiger partial charge >= 0.3 is 6.03 Å². The minimum absolute atomic E-state index is 0.138. The molecular formula is C19H18ClN5O. The molecular weight excluding hydrogens is 350 g/mol. The van der Waals surface area contributed by atoms with E-state index >= 15 is 0 Å². The predicted octanol–water partition coefficient (Wildman–Crippen LogP) is 3.64. The van der Waals surface area contributed by atoms with E-state index in [0.29, 0.717) is 37.0 Å². The maximum absolute atomic E-state index is 12.6. The Kier molecular flexibility index (Phi) is 4.58. The Hall–Kier alpha value is -2.86. The zero-order valence-corrected chi connectivity index (χ0v) is 14.9. The molecule has 3 heterocycles. The molecule has 1 saturated heterocycles. The van der Waals surface area contributed by atoms with Gasteiger partial charge in [0.1, 0.15) is 11.6 Å². The summed E-state index contributed by atoms with van der Waals surface area (Å²) in [4.78, 5) is 25.2. The largest absolute Gasteiger partial charge is 0.352 e. The Morgan fingerprint density at radius 3 is 2.58 bits per heavy atom. The predicted molar refractivity (Wildman–Crippen MR) is 104 cm³/mol. The SMILES string of the molecule is O=C(Nc1nccc2ccccc12)N1CCN(c2ncccc2Cl)CC1. The summed E-state index contributed by atoms with van der Waals surface area (Å²) < 4.78 is 0. The van der Waals surface area contributed by atoms with Gasteiger partial charge in [0.25, 0.3) is 0 Å². The molecule has 2 amide bonds. The van der Waals surface area contributed by atoms with Crippen molar-refractivity contribution in [3.05, 3.63) is 59.9 Å². The summed E-state index contributed by atoms with van der Waals surface area (Å²) in [6.45, 7) is 2.58. The van der Waals surface area contributed by atoms with Crippen LogP contribution in [0, 0.1) is 0 Å². The molecule has 0 unspecified atom stereocenters. The van der Waals surface area contributed by atoms with E-state index in [1.165, 1.54) is 0 Å². The van der Waals surface area contributed by atoms with Crippen LogP contribution in [-0.4, -0.2) is 47.1 Å². The van der Waals surface area contributed by atoms with E-state index in [9.17, 15) is 4.79 Å². The first-order valence-electron chi connectivity index (χ1n) is 8.47. The van der Waals surface area contributed by atoms with Crippen molar-refractivity contribution in [2.75, 3.05) is 36.4 Å². The van der Waals surface area contributed by atoms with Crippen molar-refractivity contribution in [2.45, 2.75) is 0 Å². The Balaban J connectivity index is 1.43. The Morgan fingerprint density at radius 1 is 0.962 bits per heavy atom. The number of nitrogens with one attached hydrogen (secondary N) is 1. The van der Waals surface area contributed by atoms with Gasteiger partial charge in [0, 0.05) is 44.0 Å². The lowest BCUT2D eigenvalue weighted by molar-refractivity contribution is 0.208. The maximum Gasteiger partial charge on any atom is 0.323 e. The summed E-state index contributed by atoms with van der Waals surface area (Å²) in [6, 6.07) is 13.3. The molecule has 0 spiro atoms. The van der Waals surface area contributed by atoms with Gasteiger partial charge < -0.3 is 9.80 Å². The summed E-state index contributed by atoms with van der Waals surface area (Å²) in [5.74, 6) is 1.35. The highest BCUT2D eigenvalue weighted by Gasteiger charge is 2.23. The van der Waals surface area contributed by atoms with Gasteiger partial charge in [0.15, 0.2) is 0 Å². The van der Waals surface area contributed by atoms with Crippen LogP contribution >= 0.6 is 11.6 Å². The molecule has 0 saturated carbocycles. The van der Waals surface area contributed by atoms with Gasteiger partial charge in [-0.1, -0.05) is 35.9 Å². The van der Waals surface area contributed by atoms with Crippen molar-refractivity contribution in [1.29, 1.82) is 0 Å². The molecule has 1 aromatic carbocycles. The first kappa shape index (κ1) is 16.6. The molecule has 0 atom stereocenters. The Bertz CT molecular complexity index is 935. The minimum atomic E-state index is -0.138. The number of rotatable bonds is 2. The fraction of sp³-hybridized carbons (Fsp3) is 0.211. The lowest BCUT2D eigenvalue weighted by atomic mass is 10.1. The number of halogens is 1. The number of hydrogen-bond acceptors (Lipinski definition) is 4. The Labute approximate surface area is 156 Å². The number of fused-ring (bicyclic) bond motifs is 1. The smallest absolute Gasteiger partial charge is 0.323 e. The fourth-order valence-electron chi connectivity index (χ4n) is 3.13. The zero-order valence-electron chi connectivity index (χ0n) is 14.1. The minimum Gasteiger partial charge on any atom is -0.352 e. The zero-order chi connectivity index (χ0) is 17.9. The summed E-state index contributed by atoms with van der Waals surface area (Å²) in [5.41, 5.74) is 0. The quantitative estimate of drug-likeness (QED) is 0.751. The Morgan fingerprint density at radius 2 is 1.77 bits per heavy atom. The average molecular weight is 368 g/mol. The van der Waals surface area contributed by atoms with Gasteiger partial charge in [0.05, 0.1) is 5.02 Å². The molecule has 0 aliphatic carbocycles. The summed E-state index contributed by atoms with van der Waals surface area (Å²) in [5, 5.41) is 5.55. The van der Waals surface area contributed by atoms with E-state index in [0.717, 1.165) is 16.6 Å². The van der Waals surface area contributed by atoms with E-state index in [1.807, 2.05) is 42.5 Å². The number of anilines is 2. The van der Waals surface area contributed by atoms with Crippen LogP contribution in [0.5, 0.6) is 0 Å². The highest BCUT2D eigenvalue weighted by atomic mass is 35.5. The topological polar surface area (TPSA) is 61.4 Å². The lowest BCUT2D eigenvalue weighted by Gasteiger charge is -2.35. The van der Waals surface area contributed by atoms with Crippen LogP contribution in [0.1, 0.15) is 0 Å². The van der Waals surface area contributed by atoms with Crippen LogP contribution in [0.2, 0.25) is 5.02 Å². The molecule has 4 rings (SSSR count). The standard InChI is InChI=1S/C19H18ClN5O/c20-16-6-3-8-22-18(16)24-10-12-25(13-11-24)19(26)23-17-15-5-2-1-4-14(15)7-9-21-17/h1-9H,10-13H2,(H,21,23,26). The summed E-state index contributed by atoms with van der Waals surface area (Å²) in [7, 11) is 0. The summed E-state index contributed by atoms with van der Waals surface area (Å²) >= 11 is 6.21. The third kappa shape index (κ3) is 3.28. The molecule has 0 bridgehead atoms. The van der Waals surface area contributed by atoms with Crippen LogP contribution in [0.4, 0.5) is 16.4 Å². The number of hydrogen-bond donors (Lipinski definition) is 1. The van der Waals surface area contributed by atoms with Crippen molar-refractivity contribution in [1.82, 2.24) is 14.9 Å². The molecule has 0 radical (unpaired) electrons. The first-order chi connectivity index (χ1) is 12.7. The van der Waals surface area contributed by atoms with E-state index in [2.05, 4.69) is 20.2 Å². The average Bonchev–Trinajstić information content (AvgIpc) is 2.69. The number of pyridine rings is 2. The number of aromatic nitrogens is 2. The van der Waals surface area contributed by atoms with Gasteiger partial charge in [-0.2, -0.15) is 0 Å². The van der Waals surface area contributed by atoms with Crippen molar-refractivity contribution >= 4 is 40.0 Å². The molecule has 7 heteroatoms. The maximum atomic E-state index is 12.6. The molecule has 1 N–H and O–H groups in total. The monoisotopic (exact) mass is 367 g/mol. The van der Waals surface area contributed by atoms with E-state index in [4.69, 9.17) is 11.6 Å². The second-order valence-corrected chi connectivity index (χ2v) is 6.50. The number of piperazine rings is 1. The van der Waals surface area contributed by atoms with Crippen molar-refractivity contribution in [3.63, 3.8) is 0 Å². The third-order valence-electron chi connectivity index (χ3n) is 4.50. The highest BCUT2D eigenvalue weighted by molar-refractivity contribution is 6.32. The van der Waals surface area contributed by atoms with Crippen LogP contribution in [-0.2, 0) is 0 Å². The van der Waals surface area contributed by atoms with Crippen molar-refractivity contribution in [2.24, 2.45) is 0 Å². The molecule has 2 aromatic heterocycles. The number of carbonyl (C=O) groups excluding carboxylic acids is 1. The van der Waals surface area contributed by atoms with E-state index in [-0.39, 0.29) is 6.03 Å². The lowest BCUT2D eigenvalue weighted by Crippen LogP contribution is -2.50.